The van der Waals surface area contributed by atoms with Gasteiger partial charge in [0, 0.05) is 5.92 Å². The van der Waals surface area contributed by atoms with Crippen LogP contribution in [0, 0.1) is 5.92 Å². The number of nitrogens with one attached hydrogen (secondary N) is 1. The number of hydrogen-bond acceptors (Lipinski definition) is 17. The quantitative estimate of drug-likeness (QED) is 0.138. The van der Waals surface area contributed by atoms with Gasteiger partial charge in [0.2, 0.25) is 5.95 Å². The largest absolute Gasteiger partial charge is 0.472 e. The zero-order valence-corrected chi connectivity index (χ0v) is 24.7. The number of imidazole rings is 2. The van der Waals surface area contributed by atoms with Crippen molar-refractivity contribution in [1.82, 2.24) is 39.0 Å². The second-order valence-corrected chi connectivity index (χ2v) is 13.3. The van der Waals surface area contributed by atoms with Gasteiger partial charge in [-0.25, -0.2) is 29.1 Å². The maximum Gasteiger partial charge on any atom is 0.472 e. The van der Waals surface area contributed by atoms with Gasteiger partial charge in [0.05, 0.1) is 25.9 Å². The number of nitrogens with zero attached hydrogens (tertiary/aromatic N) is 7. The summed E-state index contributed by atoms with van der Waals surface area (Å²) < 4.78 is 62.3. The first-order chi connectivity index (χ1) is 21.3. The van der Waals surface area contributed by atoms with Crippen LogP contribution in [0.2, 0.25) is 0 Å². The minimum Gasteiger partial charge on any atom is -0.387 e. The lowest BCUT2D eigenvalue weighted by molar-refractivity contribution is -0.0670. The van der Waals surface area contributed by atoms with E-state index < -0.39 is 83.3 Å². The highest BCUT2D eigenvalue weighted by atomic mass is 31.2. The number of H-pyrrole nitrogens is 1. The van der Waals surface area contributed by atoms with E-state index in [2.05, 4.69) is 29.9 Å². The summed E-state index contributed by atoms with van der Waals surface area (Å²) in [5, 5.41) is 11.0. The molecule has 4 aromatic heterocycles. The van der Waals surface area contributed by atoms with Crippen LogP contribution in [0.25, 0.3) is 22.3 Å². The van der Waals surface area contributed by atoms with Crippen molar-refractivity contribution in [1.29, 1.82) is 0 Å². The van der Waals surface area contributed by atoms with Gasteiger partial charge in [-0.15, -0.1) is 0 Å². The first-order valence-electron chi connectivity index (χ1n) is 13.3. The molecule has 0 saturated carbocycles. The van der Waals surface area contributed by atoms with Crippen LogP contribution in [0.4, 0.5) is 11.8 Å². The summed E-state index contributed by atoms with van der Waals surface area (Å²) in [4.78, 5) is 56.3. The number of phosphoric acid groups is 2. The van der Waals surface area contributed by atoms with E-state index in [1.807, 2.05) is 0 Å². The predicted octanol–water partition coefficient (Wildman–Crippen LogP) is -1.07. The summed E-state index contributed by atoms with van der Waals surface area (Å²) in [6.45, 7) is 0.227. The Kier molecular flexibility index (Phi) is 7.30. The predicted molar refractivity (Wildman–Crippen MR) is 147 cm³/mol. The van der Waals surface area contributed by atoms with E-state index in [1.165, 1.54) is 17.2 Å². The molecule has 0 amide bonds. The van der Waals surface area contributed by atoms with E-state index >= 15 is 0 Å². The molecule has 0 aliphatic carbocycles. The molecular weight excluding hydrogens is 646 g/mol. The van der Waals surface area contributed by atoms with Crippen LogP contribution in [0.5, 0.6) is 0 Å². The van der Waals surface area contributed by atoms with Crippen LogP contribution < -0.4 is 17.0 Å². The van der Waals surface area contributed by atoms with E-state index in [1.54, 1.807) is 6.92 Å². The number of aliphatic hydroxyl groups is 1. The highest BCUT2D eigenvalue weighted by molar-refractivity contribution is 7.47. The SMILES string of the molecule is CC1C2OP(=O)(O)OC[C@H]3O[C@@H](n4cnc5c(=O)[nH]c(N)nc54)C(OP(=O)(O)OC[C@H]2O[C@H]1n1cnc2c(N)ncnc21)C3O. The second kappa shape index (κ2) is 10.9. The molecule has 0 spiro atoms. The highest BCUT2D eigenvalue weighted by Crippen LogP contribution is 2.54. The molecule has 0 radical (unpaired) electrons. The van der Waals surface area contributed by atoms with Crippen LogP contribution in [0.1, 0.15) is 19.4 Å². The van der Waals surface area contributed by atoms with Gasteiger partial charge in [-0.2, -0.15) is 4.98 Å². The van der Waals surface area contributed by atoms with E-state index in [0.717, 1.165) is 10.9 Å². The van der Waals surface area contributed by atoms with Gasteiger partial charge in [-0.05, 0) is 0 Å². The first-order valence-corrected chi connectivity index (χ1v) is 16.3. The maximum atomic E-state index is 13.2. The number of rotatable bonds is 2. The minimum atomic E-state index is -5.03. The third-order valence-electron chi connectivity index (χ3n) is 7.66. The average Bonchev–Trinajstić information content (AvgIpc) is 3.72. The zero-order chi connectivity index (χ0) is 31.8. The van der Waals surface area contributed by atoms with Gasteiger partial charge >= 0.3 is 15.6 Å². The number of nitrogen functional groups attached to an aromatic ring is 2. The van der Waals surface area contributed by atoms with Crippen LogP contribution in [-0.2, 0) is 36.7 Å². The molecular formula is C21H26N10O12P2. The molecule has 24 heteroatoms. The van der Waals surface area contributed by atoms with Crippen molar-refractivity contribution in [3.05, 3.63) is 29.3 Å². The molecule has 6 unspecified atom stereocenters. The van der Waals surface area contributed by atoms with E-state index in [-0.39, 0.29) is 28.4 Å². The van der Waals surface area contributed by atoms with Crippen molar-refractivity contribution in [2.45, 2.75) is 49.9 Å². The minimum absolute atomic E-state index is 0.101. The van der Waals surface area contributed by atoms with Gasteiger partial charge < -0.3 is 35.8 Å². The van der Waals surface area contributed by atoms with E-state index in [0.29, 0.717) is 5.65 Å². The maximum absolute atomic E-state index is 13.2. The lowest BCUT2D eigenvalue weighted by Gasteiger charge is -2.26. The molecule has 3 fully saturated rings. The standard InChI is InChI=1S/C21H26N10O12P2/c1-7-13-9(41-19(7)30-5-26-10-15(22)24-4-25-16(10)30)3-39-45(36,37)43-14-12(32)8(2-38-44(34,35)42-13)40-20(14)31-6-27-11-17(31)28-21(23)29-18(11)33/h4-9,12-14,19-20,32H,2-3H2,1H3,(H,34,35)(H,36,37)(H2,22,24,25)(H3,23,28,29,33)/t7?,8-,9-,12?,13?,14?,19-,20-/m1/s1. The molecule has 8 N–H and O–H groups in total. The van der Waals surface area contributed by atoms with Gasteiger partial charge in [-0.3, -0.25) is 37.0 Å². The fraction of sp³-hybridized carbons (Fsp3) is 0.524. The van der Waals surface area contributed by atoms with Crippen molar-refractivity contribution in [2.24, 2.45) is 5.92 Å². The van der Waals surface area contributed by atoms with E-state index in [9.17, 15) is 28.8 Å². The molecule has 3 saturated heterocycles. The number of fused-ring (bicyclic) bond motifs is 5. The molecule has 7 heterocycles. The van der Waals surface area contributed by atoms with Crippen molar-refractivity contribution in [3.8, 4) is 0 Å². The second-order valence-electron chi connectivity index (χ2n) is 10.5. The molecule has 3 aliphatic rings. The lowest BCUT2D eigenvalue weighted by atomic mass is 10.0. The van der Waals surface area contributed by atoms with Crippen molar-refractivity contribution < 1.29 is 51.6 Å². The number of phosphoric ester groups is 2. The molecule has 242 valence electrons. The molecule has 45 heavy (non-hydrogen) atoms. The van der Waals surface area contributed by atoms with Crippen molar-refractivity contribution >= 4 is 49.7 Å². The Morgan fingerprint density at radius 1 is 0.889 bits per heavy atom. The summed E-state index contributed by atoms with van der Waals surface area (Å²) in [5.41, 5.74) is 11.2. The van der Waals surface area contributed by atoms with Gasteiger partial charge in [0.25, 0.3) is 5.56 Å². The van der Waals surface area contributed by atoms with Crippen molar-refractivity contribution in [3.63, 3.8) is 0 Å². The molecule has 7 rings (SSSR count). The zero-order valence-electron chi connectivity index (χ0n) is 23.0. The highest BCUT2D eigenvalue weighted by Gasteiger charge is 2.53. The molecule has 4 aromatic rings. The number of ether oxygens (including phenoxy) is 2. The third-order valence-corrected chi connectivity index (χ3v) is 9.63. The normalized spacial score (nSPS) is 37.7. The Morgan fingerprint density at radius 2 is 1.51 bits per heavy atom. The monoisotopic (exact) mass is 672 g/mol. The van der Waals surface area contributed by atoms with Crippen LogP contribution in [0.3, 0.4) is 0 Å². The fourth-order valence-corrected chi connectivity index (χ4v) is 7.55. The number of aliphatic hydroxyl groups excluding tert-OH is 1. The number of hydrogen-bond donors (Lipinski definition) is 6. The van der Waals surface area contributed by atoms with Gasteiger partial charge in [0.15, 0.2) is 28.9 Å². The molecule has 0 aromatic carbocycles. The molecule has 22 nitrogen and oxygen atoms in total. The van der Waals surface area contributed by atoms with Crippen LogP contribution >= 0.6 is 15.6 Å². The van der Waals surface area contributed by atoms with Gasteiger partial charge in [0.1, 0.15) is 48.6 Å². The van der Waals surface area contributed by atoms with Gasteiger partial charge in [-0.1, -0.05) is 6.92 Å². The number of aromatic nitrogens is 8. The molecule has 2 bridgehead atoms. The van der Waals surface area contributed by atoms with Crippen LogP contribution in [0.15, 0.2) is 23.8 Å². The fourth-order valence-electron chi connectivity index (χ4n) is 5.58. The Morgan fingerprint density at radius 3 is 2.24 bits per heavy atom. The van der Waals surface area contributed by atoms with E-state index in [4.69, 9.17) is 39.0 Å². The third kappa shape index (κ3) is 5.32. The number of nitrogens with two attached hydrogens (primary N) is 2. The Balaban J connectivity index is 1.21. The summed E-state index contributed by atoms with van der Waals surface area (Å²) >= 11 is 0. The Labute approximate surface area is 250 Å². The Hall–Kier alpha value is -3.40. The molecule has 10 atom stereocenters. The smallest absolute Gasteiger partial charge is 0.387 e. The number of anilines is 2. The average molecular weight is 672 g/mol. The summed E-state index contributed by atoms with van der Waals surface area (Å²) in [7, 11) is -9.94. The lowest BCUT2D eigenvalue weighted by Crippen LogP contribution is -2.35. The number of aromatic amines is 1. The Bertz CT molecular complexity index is 1940. The van der Waals surface area contributed by atoms with Crippen molar-refractivity contribution in [2.75, 3.05) is 24.7 Å². The summed E-state index contributed by atoms with van der Waals surface area (Å²) in [6.07, 6.45) is -5.89. The first kappa shape index (κ1) is 30.3. The summed E-state index contributed by atoms with van der Waals surface area (Å²) in [6, 6.07) is 0. The topological polar surface area (TPSA) is 309 Å². The summed E-state index contributed by atoms with van der Waals surface area (Å²) in [5.74, 6) is -0.856. The van der Waals surface area contributed by atoms with Crippen LogP contribution in [-0.4, -0.2) is 97.7 Å². The molecule has 3 aliphatic heterocycles.